The van der Waals surface area contributed by atoms with E-state index in [-0.39, 0.29) is 12.0 Å². The second-order valence-electron chi connectivity index (χ2n) is 10.0. The van der Waals surface area contributed by atoms with Crippen LogP contribution in [0.5, 0.6) is 0 Å². The fraction of sp³-hybridized carbons (Fsp3) is 0.300. The van der Waals surface area contributed by atoms with Gasteiger partial charge in [-0.15, -0.1) is 0 Å². The Morgan fingerprint density at radius 2 is 1.81 bits per heavy atom. The van der Waals surface area contributed by atoms with Gasteiger partial charge in [0.2, 0.25) is 5.82 Å². The number of fused-ring (bicyclic) bond motifs is 1. The molecule has 0 bridgehead atoms. The molecule has 0 unspecified atom stereocenters. The number of nitrogens with zero attached hydrogens (tertiary/aromatic N) is 2. The highest BCUT2D eigenvalue weighted by Crippen LogP contribution is 2.36. The summed E-state index contributed by atoms with van der Waals surface area (Å²) in [4.78, 5) is 15.8. The summed E-state index contributed by atoms with van der Waals surface area (Å²) in [5.41, 5.74) is 8.02. The summed E-state index contributed by atoms with van der Waals surface area (Å²) in [5, 5.41) is 17.1. The molecule has 36 heavy (non-hydrogen) atoms. The van der Waals surface area contributed by atoms with Crippen molar-refractivity contribution >= 4 is 5.97 Å². The summed E-state index contributed by atoms with van der Waals surface area (Å²) < 4.78 is 5.65. The number of carbonyl (C=O) groups is 1. The molecular formula is C30H29N3O3. The van der Waals surface area contributed by atoms with Gasteiger partial charge in [-0.25, -0.2) is 0 Å². The van der Waals surface area contributed by atoms with E-state index in [2.05, 4.69) is 59.9 Å². The van der Waals surface area contributed by atoms with Crippen molar-refractivity contribution in [3.63, 3.8) is 0 Å². The molecule has 1 atom stereocenters. The zero-order chi connectivity index (χ0) is 24.6. The third-order valence-electron chi connectivity index (χ3n) is 7.62. The van der Waals surface area contributed by atoms with Crippen molar-refractivity contribution in [2.45, 2.75) is 51.1 Å². The average Bonchev–Trinajstić information content (AvgIpc) is 3.36. The van der Waals surface area contributed by atoms with Gasteiger partial charge in [-0.1, -0.05) is 53.7 Å². The molecule has 0 amide bonds. The largest absolute Gasteiger partial charge is 0.481 e. The maximum absolute atomic E-state index is 11.1. The minimum atomic E-state index is -0.677. The first-order chi connectivity index (χ1) is 17.5. The smallest absolute Gasteiger partial charge is 0.306 e. The summed E-state index contributed by atoms with van der Waals surface area (Å²) in [5.74, 6) is 0.237. The molecule has 1 aromatic heterocycles. The molecule has 2 aliphatic rings. The normalized spacial score (nSPS) is 21.0. The number of aryl methyl sites for hydroxylation is 2. The average molecular weight is 480 g/mol. The summed E-state index contributed by atoms with van der Waals surface area (Å²) in [7, 11) is 0. The summed E-state index contributed by atoms with van der Waals surface area (Å²) in [6, 6.07) is 23.6. The van der Waals surface area contributed by atoms with Crippen LogP contribution in [0.4, 0.5) is 0 Å². The Hall–Kier alpha value is -3.77. The summed E-state index contributed by atoms with van der Waals surface area (Å²) >= 11 is 0. The molecule has 0 radical (unpaired) electrons. The monoisotopic (exact) mass is 479 g/mol. The molecule has 1 fully saturated rings. The van der Waals surface area contributed by atoms with Crippen LogP contribution < -0.4 is 5.32 Å². The molecule has 0 saturated heterocycles. The van der Waals surface area contributed by atoms with E-state index in [1.165, 1.54) is 22.3 Å². The maximum Gasteiger partial charge on any atom is 0.306 e. The SMILES string of the molecule is Cc1cc(-c2nc(-c3ccc4c(c3)CCC[C@@H]4NC3CC(C(=O)O)C3)no2)ccc1-c1ccccc1. The van der Waals surface area contributed by atoms with Gasteiger partial charge in [0.15, 0.2) is 0 Å². The van der Waals surface area contributed by atoms with E-state index in [0.717, 1.165) is 48.8 Å². The Kier molecular flexibility index (Phi) is 5.89. The first-order valence-corrected chi connectivity index (χ1v) is 12.7. The fourth-order valence-corrected chi connectivity index (χ4v) is 5.56. The van der Waals surface area contributed by atoms with Crippen LogP contribution >= 0.6 is 0 Å². The number of hydrogen-bond donors (Lipinski definition) is 2. The molecular weight excluding hydrogens is 450 g/mol. The van der Waals surface area contributed by atoms with Crippen molar-refractivity contribution in [1.82, 2.24) is 15.5 Å². The van der Waals surface area contributed by atoms with Crippen LogP contribution in [0.25, 0.3) is 34.0 Å². The van der Waals surface area contributed by atoms with E-state index in [9.17, 15) is 4.79 Å². The predicted molar refractivity (Wildman–Crippen MR) is 138 cm³/mol. The molecule has 1 saturated carbocycles. The van der Waals surface area contributed by atoms with Gasteiger partial charge in [0.25, 0.3) is 5.89 Å². The topological polar surface area (TPSA) is 88.2 Å². The van der Waals surface area contributed by atoms with E-state index in [1.54, 1.807) is 0 Å². The first-order valence-electron chi connectivity index (χ1n) is 12.7. The summed E-state index contributed by atoms with van der Waals surface area (Å²) in [6.07, 6.45) is 4.64. The van der Waals surface area contributed by atoms with E-state index < -0.39 is 5.97 Å². The van der Waals surface area contributed by atoms with E-state index in [0.29, 0.717) is 17.8 Å². The molecule has 1 heterocycles. The lowest BCUT2D eigenvalue weighted by atomic mass is 9.78. The molecule has 6 nitrogen and oxygen atoms in total. The molecule has 6 rings (SSSR count). The Labute approximate surface area is 210 Å². The second kappa shape index (κ2) is 9.36. The number of aliphatic carboxylic acids is 1. The zero-order valence-electron chi connectivity index (χ0n) is 20.3. The fourth-order valence-electron chi connectivity index (χ4n) is 5.56. The highest BCUT2D eigenvalue weighted by molar-refractivity contribution is 5.72. The molecule has 2 N–H and O–H groups in total. The van der Waals surface area contributed by atoms with Gasteiger partial charge in [0, 0.05) is 23.2 Å². The molecule has 4 aromatic rings. The zero-order valence-corrected chi connectivity index (χ0v) is 20.3. The predicted octanol–water partition coefficient (Wildman–Crippen LogP) is 6.21. The van der Waals surface area contributed by atoms with E-state index in [4.69, 9.17) is 14.6 Å². The second-order valence-corrected chi connectivity index (χ2v) is 10.0. The molecule has 3 aromatic carbocycles. The molecule has 0 aliphatic heterocycles. The van der Waals surface area contributed by atoms with Gasteiger partial charge in [-0.3, -0.25) is 4.79 Å². The Morgan fingerprint density at radius 3 is 2.58 bits per heavy atom. The number of carboxylic acids is 1. The van der Waals surface area contributed by atoms with Gasteiger partial charge in [-0.2, -0.15) is 4.98 Å². The van der Waals surface area contributed by atoms with Crippen LogP contribution in [0.2, 0.25) is 0 Å². The van der Waals surface area contributed by atoms with E-state index >= 15 is 0 Å². The quantitative estimate of drug-likeness (QED) is 0.342. The van der Waals surface area contributed by atoms with Crippen LogP contribution in [0.3, 0.4) is 0 Å². The highest BCUT2D eigenvalue weighted by atomic mass is 16.5. The molecule has 182 valence electrons. The van der Waals surface area contributed by atoms with Crippen LogP contribution in [-0.4, -0.2) is 27.3 Å². The van der Waals surface area contributed by atoms with Crippen molar-refractivity contribution in [2.24, 2.45) is 5.92 Å². The Morgan fingerprint density at radius 1 is 1.00 bits per heavy atom. The minimum Gasteiger partial charge on any atom is -0.481 e. The van der Waals surface area contributed by atoms with Crippen LogP contribution in [0, 0.1) is 12.8 Å². The number of benzene rings is 3. The van der Waals surface area contributed by atoms with Gasteiger partial charge >= 0.3 is 5.97 Å². The van der Waals surface area contributed by atoms with Gasteiger partial charge in [-0.05, 0) is 85.0 Å². The van der Waals surface area contributed by atoms with Crippen LogP contribution in [-0.2, 0) is 11.2 Å². The molecule has 6 heteroatoms. The van der Waals surface area contributed by atoms with Gasteiger partial charge in [0.1, 0.15) is 0 Å². The van der Waals surface area contributed by atoms with Crippen LogP contribution in [0.15, 0.2) is 71.3 Å². The maximum atomic E-state index is 11.1. The van der Waals surface area contributed by atoms with Crippen molar-refractivity contribution in [3.8, 4) is 34.0 Å². The van der Waals surface area contributed by atoms with Crippen molar-refractivity contribution < 1.29 is 14.4 Å². The van der Waals surface area contributed by atoms with Crippen molar-refractivity contribution in [1.29, 1.82) is 0 Å². The van der Waals surface area contributed by atoms with Crippen molar-refractivity contribution in [2.75, 3.05) is 0 Å². The number of aromatic nitrogens is 2. The number of hydrogen-bond acceptors (Lipinski definition) is 5. The minimum absolute atomic E-state index is 0.196. The van der Waals surface area contributed by atoms with E-state index in [1.807, 2.05) is 24.3 Å². The van der Waals surface area contributed by atoms with Crippen LogP contribution in [0.1, 0.15) is 48.4 Å². The van der Waals surface area contributed by atoms with Crippen molar-refractivity contribution in [3.05, 3.63) is 83.4 Å². The Balaban J connectivity index is 1.20. The summed E-state index contributed by atoms with van der Waals surface area (Å²) in [6.45, 7) is 2.10. The first kappa shape index (κ1) is 22.7. The number of carboxylic acid groups (broad SMARTS) is 1. The number of rotatable bonds is 6. The lowest BCUT2D eigenvalue weighted by Gasteiger charge is -2.38. The number of nitrogens with one attached hydrogen (secondary N) is 1. The lowest BCUT2D eigenvalue weighted by Crippen LogP contribution is -2.46. The standard InChI is InChI=1S/C30H29N3O3/c1-18-14-22(11-12-25(18)19-6-3-2-4-7-19)29-32-28(33-36-29)21-10-13-26-20(15-21)8-5-9-27(26)31-24-16-23(17-24)30(34)35/h2-4,6-7,10-15,23-24,27,31H,5,8-9,16-17H2,1H3,(H,34,35)/t23?,24?,27-/m0/s1. The molecule has 0 spiro atoms. The van der Waals surface area contributed by atoms with Gasteiger partial charge in [0.05, 0.1) is 5.92 Å². The highest BCUT2D eigenvalue weighted by Gasteiger charge is 2.36. The Bertz CT molecular complexity index is 1410. The lowest BCUT2D eigenvalue weighted by molar-refractivity contribution is -0.145. The molecule has 2 aliphatic carbocycles. The van der Waals surface area contributed by atoms with Gasteiger partial charge < -0.3 is 14.9 Å². The third-order valence-corrected chi connectivity index (χ3v) is 7.62. The third kappa shape index (κ3) is 4.33.